The Morgan fingerprint density at radius 3 is 2.82 bits per heavy atom. The highest BCUT2D eigenvalue weighted by molar-refractivity contribution is 5.40. The molecule has 0 amide bonds. The van der Waals surface area contributed by atoms with Crippen LogP contribution in [0, 0.1) is 5.92 Å². The number of rotatable bonds is 5. The van der Waals surface area contributed by atoms with Crippen molar-refractivity contribution in [1.82, 2.24) is 5.32 Å². The van der Waals surface area contributed by atoms with Gasteiger partial charge in [-0.25, -0.2) is 0 Å². The van der Waals surface area contributed by atoms with E-state index in [1.54, 1.807) is 14.2 Å². The van der Waals surface area contributed by atoms with Gasteiger partial charge in [0.25, 0.3) is 0 Å². The van der Waals surface area contributed by atoms with Crippen molar-refractivity contribution >= 4 is 0 Å². The number of ether oxygens (including phenoxy) is 2. The van der Waals surface area contributed by atoms with E-state index in [9.17, 15) is 0 Å². The first kappa shape index (κ1) is 12.2. The summed E-state index contributed by atoms with van der Waals surface area (Å²) in [5.41, 5.74) is 1.28. The van der Waals surface area contributed by atoms with Crippen molar-refractivity contribution in [3.05, 3.63) is 23.8 Å². The lowest BCUT2D eigenvalue weighted by Gasteiger charge is -2.12. The normalized spacial score (nSPS) is 19.3. The van der Waals surface area contributed by atoms with Crippen LogP contribution in [0.25, 0.3) is 0 Å². The third-order valence-electron chi connectivity index (χ3n) is 3.48. The van der Waals surface area contributed by atoms with Gasteiger partial charge in [0.15, 0.2) is 0 Å². The molecule has 3 heteroatoms. The molecule has 1 aliphatic rings. The second kappa shape index (κ2) is 5.92. The maximum atomic E-state index is 5.41. The van der Waals surface area contributed by atoms with Gasteiger partial charge in [-0.1, -0.05) is 6.07 Å². The van der Waals surface area contributed by atoms with Crippen molar-refractivity contribution in [2.24, 2.45) is 5.92 Å². The number of nitrogens with one attached hydrogen (secondary N) is 1. The van der Waals surface area contributed by atoms with Crippen molar-refractivity contribution in [3.63, 3.8) is 0 Å². The van der Waals surface area contributed by atoms with Crippen LogP contribution in [0.5, 0.6) is 11.5 Å². The summed E-state index contributed by atoms with van der Waals surface area (Å²) in [7, 11) is 3.40. The van der Waals surface area contributed by atoms with Crippen LogP contribution in [0.1, 0.15) is 18.4 Å². The molecule has 1 atom stereocenters. The smallest absolute Gasteiger partial charge is 0.125 e. The first-order chi connectivity index (χ1) is 8.33. The molecule has 3 nitrogen and oxygen atoms in total. The molecule has 1 fully saturated rings. The Kier molecular flexibility index (Phi) is 4.26. The molecule has 94 valence electrons. The molecule has 1 heterocycles. The van der Waals surface area contributed by atoms with E-state index < -0.39 is 0 Å². The predicted octanol–water partition coefficient (Wildman–Crippen LogP) is 2.25. The van der Waals surface area contributed by atoms with Gasteiger partial charge < -0.3 is 14.8 Å². The van der Waals surface area contributed by atoms with Crippen molar-refractivity contribution in [1.29, 1.82) is 0 Å². The molecule has 1 N–H and O–H groups in total. The number of methoxy groups -OCH3 is 2. The van der Waals surface area contributed by atoms with E-state index >= 15 is 0 Å². The van der Waals surface area contributed by atoms with Crippen molar-refractivity contribution in [2.45, 2.75) is 19.3 Å². The van der Waals surface area contributed by atoms with Crippen LogP contribution in [0.15, 0.2) is 18.2 Å². The first-order valence-electron chi connectivity index (χ1n) is 6.25. The summed E-state index contributed by atoms with van der Waals surface area (Å²) in [6.45, 7) is 2.34. The molecule has 0 spiro atoms. The molecular formula is C14H21NO2. The van der Waals surface area contributed by atoms with Gasteiger partial charge in [-0.15, -0.1) is 0 Å². The zero-order valence-electron chi connectivity index (χ0n) is 10.7. The molecule has 1 saturated heterocycles. The summed E-state index contributed by atoms with van der Waals surface area (Å²) in [5.74, 6) is 2.62. The minimum absolute atomic E-state index is 0.821. The molecular weight excluding hydrogens is 214 g/mol. The third kappa shape index (κ3) is 3.13. The third-order valence-corrected chi connectivity index (χ3v) is 3.48. The zero-order chi connectivity index (χ0) is 12.1. The van der Waals surface area contributed by atoms with Crippen molar-refractivity contribution in [3.8, 4) is 11.5 Å². The van der Waals surface area contributed by atoms with Gasteiger partial charge in [0.2, 0.25) is 0 Å². The molecule has 1 aromatic rings. The van der Waals surface area contributed by atoms with E-state index in [0.29, 0.717) is 0 Å². The summed E-state index contributed by atoms with van der Waals surface area (Å²) in [4.78, 5) is 0. The minimum atomic E-state index is 0.821. The number of benzene rings is 1. The van der Waals surface area contributed by atoms with Crippen molar-refractivity contribution < 1.29 is 9.47 Å². The lowest BCUT2D eigenvalue weighted by atomic mass is 9.98. The molecule has 1 aliphatic heterocycles. The molecule has 0 aliphatic carbocycles. The van der Waals surface area contributed by atoms with Crippen LogP contribution >= 0.6 is 0 Å². The quantitative estimate of drug-likeness (QED) is 0.849. The highest BCUT2D eigenvalue weighted by Crippen LogP contribution is 2.27. The number of aryl methyl sites for hydroxylation is 1. The van der Waals surface area contributed by atoms with Gasteiger partial charge >= 0.3 is 0 Å². The standard InChI is InChI=1S/C14H21NO2/c1-16-13-6-5-12(14(9-13)17-2)4-3-11-7-8-15-10-11/h5-6,9,11,15H,3-4,7-8,10H2,1-2H3. The van der Waals surface area contributed by atoms with Crippen LogP contribution < -0.4 is 14.8 Å². The summed E-state index contributed by atoms with van der Waals surface area (Å²) in [6, 6.07) is 6.08. The number of hydrogen-bond donors (Lipinski definition) is 1. The number of hydrogen-bond acceptors (Lipinski definition) is 3. The Balaban J connectivity index is 1.98. The van der Waals surface area contributed by atoms with Crippen LogP contribution in [0.2, 0.25) is 0 Å². The maximum Gasteiger partial charge on any atom is 0.125 e. The molecule has 0 bridgehead atoms. The maximum absolute atomic E-state index is 5.41. The Morgan fingerprint density at radius 1 is 1.29 bits per heavy atom. The second-order valence-electron chi connectivity index (χ2n) is 4.58. The fourth-order valence-electron chi connectivity index (χ4n) is 2.38. The molecule has 0 aromatic heterocycles. The summed E-state index contributed by atoms with van der Waals surface area (Å²) < 4.78 is 10.6. The van der Waals surface area contributed by atoms with E-state index in [4.69, 9.17) is 9.47 Å². The predicted molar refractivity (Wildman–Crippen MR) is 68.8 cm³/mol. The highest BCUT2D eigenvalue weighted by atomic mass is 16.5. The monoisotopic (exact) mass is 235 g/mol. The Labute approximate surface area is 103 Å². The topological polar surface area (TPSA) is 30.5 Å². The average Bonchev–Trinajstić information content (AvgIpc) is 2.89. The Morgan fingerprint density at radius 2 is 2.18 bits per heavy atom. The van der Waals surface area contributed by atoms with E-state index in [-0.39, 0.29) is 0 Å². The lowest BCUT2D eigenvalue weighted by Crippen LogP contribution is -2.09. The van der Waals surface area contributed by atoms with Gasteiger partial charge in [0.05, 0.1) is 14.2 Å². The van der Waals surface area contributed by atoms with E-state index in [1.807, 2.05) is 12.1 Å². The SMILES string of the molecule is COc1ccc(CCC2CCNC2)c(OC)c1. The van der Waals surface area contributed by atoms with Gasteiger partial charge in [-0.05, 0) is 49.9 Å². The van der Waals surface area contributed by atoms with Crippen LogP contribution in [-0.4, -0.2) is 27.3 Å². The minimum Gasteiger partial charge on any atom is -0.497 e. The van der Waals surface area contributed by atoms with Gasteiger partial charge in [0.1, 0.15) is 11.5 Å². The van der Waals surface area contributed by atoms with E-state index in [2.05, 4.69) is 11.4 Å². The largest absolute Gasteiger partial charge is 0.497 e. The molecule has 0 radical (unpaired) electrons. The fourth-order valence-corrected chi connectivity index (χ4v) is 2.38. The van der Waals surface area contributed by atoms with Crippen LogP contribution in [0.3, 0.4) is 0 Å². The molecule has 1 aromatic carbocycles. The second-order valence-corrected chi connectivity index (χ2v) is 4.58. The van der Waals surface area contributed by atoms with Gasteiger partial charge in [0, 0.05) is 6.07 Å². The van der Waals surface area contributed by atoms with E-state index in [0.717, 1.165) is 23.8 Å². The molecule has 17 heavy (non-hydrogen) atoms. The summed E-state index contributed by atoms with van der Waals surface area (Å²) >= 11 is 0. The van der Waals surface area contributed by atoms with Gasteiger partial charge in [-0.2, -0.15) is 0 Å². The Hall–Kier alpha value is -1.22. The van der Waals surface area contributed by atoms with Crippen LogP contribution in [-0.2, 0) is 6.42 Å². The zero-order valence-corrected chi connectivity index (χ0v) is 10.7. The lowest BCUT2D eigenvalue weighted by molar-refractivity contribution is 0.389. The van der Waals surface area contributed by atoms with Gasteiger partial charge in [-0.3, -0.25) is 0 Å². The molecule has 2 rings (SSSR count). The van der Waals surface area contributed by atoms with Crippen molar-refractivity contribution in [2.75, 3.05) is 27.3 Å². The average molecular weight is 235 g/mol. The summed E-state index contributed by atoms with van der Waals surface area (Å²) in [5, 5.41) is 3.40. The van der Waals surface area contributed by atoms with Crippen LogP contribution in [0.4, 0.5) is 0 Å². The first-order valence-corrected chi connectivity index (χ1v) is 6.25. The van der Waals surface area contributed by atoms with E-state index in [1.165, 1.54) is 31.5 Å². The Bertz CT molecular complexity index is 359. The summed E-state index contributed by atoms with van der Waals surface area (Å²) in [6.07, 6.45) is 3.62. The highest BCUT2D eigenvalue weighted by Gasteiger charge is 2.15. The molecule has 1 unspecified atom stereocenters. The molecule has 0 saturated carbocycles. The fraction of sp³-hybridized carbons (Fsp3) is 0.571.